The molecule has 7 nitrogen and oxygen atoms in total. The van der Waals surface area contributed by atoms with Crippen LogP contribution in [0.2, 0.25) is 0 Å². The van der Waals surface area contributed by atoms with Crippen molar-refractivity contribution in [3.8, 4) is 0 Å². The quantitative estimate of drug-likeness (QED) is 0.792. The van der Waals surface area contributed by atoms with Crippen molar-refractivity contribution < 1.29 is 9.32 Å². The minimum atomic E-state index is 0.164. The zero-order chi connectivity index (χ0) is 19.7. The van der Waals surface area contributed by atoms with E-state index in [-0.39, 0.29) is 5.91 Å². The predicted molar refractivity (Wildman–Crippen MR) is 106 cm³/mol. The number of aryl methyl sites for hydroxylation is 4. The number of hydrogen-bond donors (Lipinski definition) is 1. The van der Waals surface area contributed by atoms with E-state index in [0.717, 1.165) is 43.3 Å². The molecule has 152 valence electrons. The van der Waals surface area contributed by atoms with Crippen molar-refractivity contribution in [2.45, 2.75) is 65.6 Å². The number of aromatic nitrogens is 3. The highest BCUT2D eigenvalue weighted by molar-refractivity contribution is 5.76. The van der Waals surface area contributed by atoms with Crippen LogP contribution in [0.15, 0.2) is 16.9 Å². The maximum absolute atomic E-state index is 12.6. The number of carbonyl (C=O) groups is 1. The number of piperidine rings is 1. The molecule has 1 saturated heterocycles. The van der Waals surface area contributed by atoms with Gasteiger partial charge >= 0.3 is 0 Å². The average molecular weight is 386 g/mol. The minimum absolute atomic E-state index is 0.164. The van der Waals surface area contributed by atoms with E-state index in [0.29, 0.717) is 30.8 Å². The number of nitrogens with one attached hydrogen (secondary N) is 1. The Morgan fingerprint density at radius 3 is 2.68 bits per heavy atom. The smallest absolute Gasteiger partial charge is 0.222 e. The number of likely N-dealkylation sites (tertiary alicyclic amines) is 1. The molecule has 0 spiro atoms. The largest absolute Gasteiger partial charge is 0.361 e. The van der Waals surface area contributed by atoms with Gasteiger partial charge in [-0.15, -0.1) is 0 Å². The molecule has 3 atom stereocenters. The van der Waals surface area contributed by atoms with Crippen LogP contribution >= 0.6 is 0 Å². The summed E-state index contributed by atoms with van der Waals surface area (Å²) in [7, 11) is 0. The van der Waals surface area contributed by atoms with Crippen molar-refractivity contribution in [2.24, 2.45) is 11.8 Å². The van der Waals surface area contributed by atoms with Crippen molar-refractivity contribution in [2.75, 3.05) is 13.1 Å². The van der Waals surface area contributed by atoms with Gasteiger partial charge in [-0.25, -0.2) is 4.98 Å². The first-order valence-corrected chi connectivity index (χ1v) is 10.5. The molecule has 2 fully saturated rings. The molecular formula is C21H31N5O2. The fraction of sp³-hybridized carbons (Fsp3) is 0.667. The summed E-state index contributed by atoms with van der Waals surface area (Å²) < 4.78 is 7.40. The van der Waals surface area contributed by atoms with E-state index in [1.807, 2.05) is 26.2 Å². The second kappa shape index (κ2) is 8.07. The number of nitrogens with zero attached hydrogens (tertiary/aromatic N) is 4. The van der Waals surface area contributed by atoms with E-state index in [4.69, 9.17) is 4.52 Å². The lowest BCUT2D eigenvalue weighted by molar-refractivity contribution is -0.123. The van der Waals surface area contributed by atoms with Gasteiger partial charge in [-0.1, -0.05) is 12.1 Å². The Morgan fingerprint density at radius 2 is 2.04 bits per heavy atom. The summed E-state index contributed by atoms with van der Waals surface area (Å²) in [6, 6.07) is 0.321. The number of rotatable bonds is 7. The summed E-state index contributed by atoms with van der Waals surface area (Å²) in [5.74, 6) is 3.22. The van der Waals surface area contributed by atoms with Crippen LogP contribution in [-0.2, 0) is 24.3 Å². The highest BCUT2D eigenvalue weighted by Crippen LogP contribution is 2.37. The number of fused-ring (bicyclic) bond motifs is 2. The van der Waals surface area contributed by atoms with Crippen molar-refractivity contribution in [3.63, 3.8) is 0 Å². The molecule has 28 heavy (non-hydrogen) atoms. The molecule has 0 aromatic carbocycles. The molecule has 2 aromatic heterocycles. The Morgan fingerprint density at radius 1 is 1.29 bits per heavy atom. The van der Waals surface area contributed by atoms with Gasteiger partial charge in [0.05, 0.1) is 5.69 Å². The number of carbonyl (C=O) groups excluding carboxylic acids is 1. The maximum atomic E-state index is 12.6. The van der Waals surface area contributed by atoms with Crippen LogP contribution in [0.1, 0.15) is 49.0 Å². The molecule has 4 rings (SSSR count). The van der Waals surface area contributed by atoms with Gasteiger partial charge in [0.1, 0.15) is 11.6 Å². The third-order valence-corrected chi connectivity index (χ3v) is 6.50. The minimum Gasteiger partial charge on any atom is -0.361 e. The first-order chi connectivity index (χ1) is 13.5. The summed E-state index contributed by atoms with van der Waals surface area (Å²) in [6.45, 7) is 9.76. The fourth-order valence-corrected chi connectivity index (χ4v) is 4.97. The lowest BCUT2D eigenvalue weighted by Crippen LogP contribution is -2.52. The maximum Gasteiger partial charge on any atom is 0.222 e. The van der Waals surface area contributed by atoms with E-state index < -0.39 is 0 Å². The Balaban J connectivity index is 1.30. The van der Waals surface area contributed by atoms with Crippen LogP contribution in [0.25, 0.3) is 0 Å². The predicted octanol–water partition coefficient (Wildman–Crippen LogP) is 2.47. The van der Waals surface area contributed by atoms with Crippen molar-refractivity contribution >= 4 is 5.91 Å². The third-order valence-electron chi connectivity index (χ3n) is 6.50. The van der Waals surface area contributed by atoms with Crippen molar-refractivity contribution in [3.05, 3.63) is 35.2 Å². The van der Waals surface area contributed by atoms with Gasteiger partial charge in [0, 0.05) is 63.0 Å². The first kappa shape index (κ1) is 19.2. The number of amides is 1. The van der Waals surface area contributed by atoms with Crippen LogP contribution < -0.4 is 5.32 Å². The van der Waals surface area contributed by atoms with Crippen LogP contribution in [0.3, 0.4) is 0 Å². The molecule has 1 saturated carbocycles. The molecule has 7 heteroatoms. The van der Waals surface area contributed by atoms with Gasteiger partial charge in [-0.2, -0.15) is 0 Å². The molecule has 2 aliphatic rings. The molecule has 1 amide bonds. The third kappa shape index (κ3) is 3.85. The Hall–Kier alpha value is -2.15. The van der Waals surface area contributed by atoms with E-state index >= 15 is 0 Å². The lowest BCUT2D eigenvalue weighted by atomic mass is 9.91. The highest BCUT2D eigenvalue weighted by Gasteiger charge is 2.42. The molecule has 2 bridgehead atoms. The molecule has 3 heterocycles. The second-order valence-corrected chi connectivity index (χ2v) is 8.33. The standard InChI is InChI=1S/C21H31N5O2/c1-4-19-22-8-10-26(19)9-7-20(27)23-21-16-5-6-17(21)12-25(11-16)13-18-14(2)24-28-15(18)3/h8,10,16-17,21H,4-7,9,11-13H2,1-3H3,(H,23,27)/t16-,17+,21?. The number of hydrogen-bond acceptors (Lipinski definition) is 5. The van der Waals surface area contributed by atoms with Gasteiger partial charge in [0.15, 0.2) is 0 Å². The SMILES string of the molecule is CCc1nccn1CCC(=O)NC1[C@@H]2CC[C@H]1CN(Cc1c(C)noc1C)C2. The Bertz CT molecular complexity index is 793. The van der Waals surface area contributed by atoms with Gasteiger partial charge in [0.2, 0.25) is 5.91 Å². The Kier molecular flexibility index (Phi) is 5.53. The van der Waals surface area contributed by atoms with Crippen LogP contribution in [0.4, 0.5) is 0 Å². The van der Waals surface area contributed by atoms with E-state index in [2.05, 4.69) is 31.8 Å². The summed E-state index contributed by atoms with van der Waals surface area (Å²) in [5.41, 5.74) is 2.21. The van der Waals surface area contributed by atoms with Crippen molar-refractivity contribution in [1.82, 2.24) is 24.9 Å². The summed E-state index contributed by atoms with van der Waals surface area (Å²) in [5, 5.41) is 7.43. The highest BCUT2D eigenvalue weighted by atomic mass is 16.5. The van der Waals surface area contributed by atoms with E-state index in [1.54, 1.807) is 0 Å². The molecular weight excluding hydrogens is 354 g/mol. The topological polar surface area (TPSA) is 76.2 Å². The molecule has 1 aliphatic carbocycles. The molecule has 0 radical (unpaired) electrons. The number of imidazole rings is 1. The first-order valence-electron chi connectivity index (χ1n) is 10.5. The molecule has 2 aromatic rings. The molecule has 1 unspecified atom stereocenters. The van der Waals surface area contributed by atoms with Gasteiger partial charge in [-0.05, 0) is 38.5 Å². The van der Waals surface area contributed by atoms with E-state index in [1.165, 1.54) is 18.4 Å². The normalized spacial score (nSPS) is 24.6. The summed E-state index contributed by atoms with van der Waals surface area (Å²) in [4.78, 5) is 19.4. The van der Waals surface area contributed by atoms with Crippen molar-refractivity contribution in [1.29, 1.82) is 0 Å². The van der Waals surface area contributed by atoms with Gasteiger partial charge < -0.3 is 14.4 Å². The fourth-order valence-electron chi connectivity index (χ4n) is 4.97. The van der Waals surface area contributed by atoms with Crippen LogP contribution in [-0.4, -0.2) is 44.6 Å². The molecule has 1 N–H and O–H groups in total. The zero-order valence-corrected chi connectivity index (χ0v) is 17.1. The van der Waals surface area contributed by atoms with Gasteiger partial charge in [-0.3, -0.25) is 9.69 Å². The summed E-state index contributed by atoms with van der Waals surface area (Å²) >= 11 is 0. The molecule has 1 aliphatic heterocycles. The Labute approximate surface area is 166 Å². The monoisotopic (exact) mass is 385 g/mol. The lowest BCUT2D eigenvalue weighted by Gasteiger charge is -2.38. The second-order valence-electron chi connectivity index (χ2n) is 8.33. The van der Waals surface area contributed by atoms with E-state index in [9.17, 15) is 4.79 Å². The van der Waals surface area contributed by atoms with Crippen LogP contribution in [0, 0.1) is 25.7 Å². The van der Waals surface area contributed by atoms with Crippen LogP contribution in [0.5, 0.6) is 0 Å². The zero-order valence-electron chi connectivity index (χ0n) is 17.1. The summed E-state index contributed by atoms with van der Waals surface area (Å²) in [6.07, 6.45) is 7.59. The van der Waals surface area contributed by atoms with Gasteiger partial charge in [0.25, 0.3) is 0 Å². The average Bonchev–Trinajstić information content (AvgIpc) is 3.32.